The molecule has 2 aromatic heterocycles. The van der Waals surface area contributed by atoms with Crippen molar-refractivity contribution in [1.29, 1.82) is 0 Å². The molecule has 0 unspecified atom stereocenters. The number of hydrogen-bond donors (Lipinski definition) is 1. The quantitative estimate of drug-likeness (QED) is 0.619. The number of rotatable bonds is 7. The predicted octanol–water partition coefficient (Wildman–Crippen LogP) is 2.42. The molecule has 0 radical (unpaired) electrons. The van der Waals surface area contributed by atoms with E-state index in [0.29, 0.717) is 43.7 Å². The van der Waals surface area contributed by atoms with E-state index >= 15 is 0 Å². The molecule has 0 aliphatic carbocycles. The van der Waals surface area contributed by atoms with Gasteiger partial charge in [0.1, 0.15) is 5.52 Å². The molecule has 1 fully saturated rings. The standard InChI is InChI=1S/C20H24N6O3S/c27-20(22-16-8-10-21-11-9-16)5-4-14-26-19-7-6-17(15-18(19)23-24-26)30(28,29)25-12-2-1-3-13-25/h6-11,15H,1-5,12-14H2,(H,21,22,27). The maximum absolute atomic E-state index is 12.9. The topological polar surface area (TPSA) is 110 Å². The smallest absolute Gasteiger partial charge is 0.243 e. The number of carbonyl (C=O) groups excluding carboxylic acids is 1. The van der Waals surface area contributed by atoms with Gasteiger partial charge in [0, 0.05) is 44.1 Å². The monoisotopic (exact) mass is 428 g/mol. The van der Waals surface area contributed by atoms with Gasteiger partial charge in [0.25, 0.3) is 0 Å². The fourth-order valence-electron chi connectivity index (χ4n) is 3.58. The van der Waals surface area contributed by atoms with Crippen molar-refractivity contribution in [1.82, 2.24) is 24.3 Å². The molecule has 3 heterocycles. The fourth-order valence-corrected chi connectivity index (χ4v) is 5.12. The number of hydrogen-bond acceptors (Lipinski definition) is 6. The largest absolute Gasteiger partial charge is 0.326 e. The average molecular weight is 429 g/mol. The van der Waals surface area contributed by atoms with Crippen LogP contribution in [0.4, 0.5) is 5.69 Å². The van der Waals surface area contributed by atoms with E-state index in [1.165, 1.54) is 0 Å². The van der Waals surface area contributed by atoms with Gasteiger partial charge < -0.3 is 5.32 Å². The molecule has 30 heavy (non-hydrogen) atoms. The number of fused-ring (bicyclic) bond motifs is 1. The lowest BCUT2D eigenvalue weighted by Crippen LogP contribution is -2.35. The number of aryl methyl sites for hydroxylation is 1. The Morgan fingerprint density at radius 3 is 2.60 bits per heavy atom. The highest BCUT2D eigenvalue weighted by Gasteiger charge is 2.26. The number of pyridine rings is 1. The molecule has 0 atom stereocenters. The van der Waals surface area contributed by atoms with Crippen molar-refractivity contribution in [3.05, 3.63) is 42.7 Å². The van der Waals surface area contributed by atoms with Gasteiger partial charge in [-0.3, -0.25) is 9.78 Å². The van der Waals surface area contributed by atoms with Gasteiger partial charge in [-0.05, 0) is 49.6 Å². The normalized spacial score (nSPS) is 15.3. The summed E-state index contributed by atoms with van der Waals surface area (Å²) in [5.74, 6) is -0.0828. The molecule has 1 N–H and O–H groups in total. The zero-order valence-corrected chi connectivity index (χ0v) is 17.4. The molecule has 9 nitrogen and oxygen atoms in total. The number of piperidine rings is 1. The minimum absolute atomic E-state index is 0.0828. The summed E-state index contributed by atoms with van der Waals surface area (Å²) >= 11 is 0. The number of benzene rings is 1. The van der Waals surface area contributed by atoms with Gasteiger partial charge in [-0.2, -0.15) is 4.31 Å². The maximum atomic E-state index is 12.9. The average Bonchev–Trinajstić information content (AvgIpc) is 3.17. The summed E-state index contributed by atoms with van der Waals surface area (Å²) in [7, 11) is -3.50. The Kier molecular flexibility index (Phi) is 6.05. The van der Waals surface area contributed by atoms with Gasteiger partial charge in [0.2, 0.25) is 15.9 Å². The Balaban J connectivity index is 1.39. The molecule has 4 rings (SSSR count). The van der Waals surface area contributed by atoms with Crippen molar-refractivity contribution >= 4 is 32.7 Å². The number of aromatic nitrogens is 4. The summed E-state index contributed by atoms with van der Waals surface area (Å²) in [6.07, 6.45) is 7.03. The van der Waals surface area contributed by atoms with E-state index in [2.05, 4.69) is 20.6 Å². The highest BCUT2D eigenvalue weighted by Crippen LogP contribution is 2.23. The number of sulfonamides is 1. The Labute approximate surface area is 175 Å². The van der Waals surface area contributed by atoms with Gasteiger partial charge in [-0.1, -0.05) is 11.6 Å². The number of nitrogens with zero attached hydrogens (tertiary/aromatic N) is 5. The van der Waals surface area contributed by atoms with E-state index in [-0.39, 0.29) is 10.8 Å². The Hall–Kier alpha value is -2.85. The third kappa shape index (κ3) is 4.49. The highest BCUT2D eigenvalue weighted by molar-refractivity contribution is 7.89. The summed E-state index contributed by atoms with van der Waals surface area (Å²) in [5, 5.41) is 11.1. The molecule has 0 bridgehead atoms. The molecule has 0 saturated carbocycles. The third-order valence-corrected chi connectivity index (χ3v) is 7.07. The minimum Gasteiger partial charge on any atom is -0.326 e. The van der Waals surface area contributed by atoms with Crippen LogP contribution in [-0.4, -0.2) is 51.7 Å². The number of amides is 1. The van der Waals surface area contributed by atoms with Crippen LogP contribution >= 0.6 is 0 Å². The van der Waals surface area contributed by atoms with Crippen molar-refractivity contribution in [3.8, 4) is 0 Å². The van der Waals surface area contributed by atoms with E-state index in [1.54, 1.807) is 51.7 Å². The summed E-state index contributed by atoms with van der Waals surface area (Å²) in [6.45, 7) is 1.64. The van der Waals surface area contributed by atoms with Gasteiger partial charge in [0.15, 0.2) is 0 Å². The molecule has 158 valence electrons. The molecule has 1 amide bonds. The van der Waals surface area contributed by atoms with E-state index in [4.69, 9.17) is 0 Å². The molecular formula is C20H24N6O3S. The summed E-state index contributed by atoms with van der Waals surface area (Å²) in [5.41, 5.74) is 2.00. The molecule has 10 heteroatoms. The van der Waals surface area contributed by atoms with Crippen molar-refractivity contribution in [2.75, 3.05) is 18.4 Å². The van der Waals surface area contributed by atoms with Crippen LogP contribution in [0.3, 0.4) is 0 Å². The lowest BCUT2D eigenvalue weighted by atomic mass is 10.2. The maximum Gasteiger partial charge on any atom is 0.243 e. The highest BCUT2D eigenvalue weighted by atomic mass is 32.2. The molecule has 0 spiro atoms. The van der Waals surface area contributed by atoms with E-state index in [1.807, 2.05) is 0 Å². The number of carbonyl (C=O) groups is 1. The first-order chi connectivity index (χ1) is 14.5. The Morgan fingerprint density at radius 2 is 1.83 bits per heavy atom. The van der Waals surface area contributed by atoms with E-state index in [9.17, 15) is 13.2 Å². The second kappa shape index (κ2) is 8.88. The van der Waals surface area contributed by atoms with Gasteiger partial charge in [-0.15, -0.1) is 5.10 Å². The van der Waals surface area contributed by atoms with Crippen molar-refractivity contribution < 1.29 is 13.2 Å². The third-order valence-electron chi connectivity index (χ3n) is 5.18. The molecule has 1 saturated heterocycles. The Morgan fingerprint density at radius 1 is 1.07 bits per heavy atom. The zero-order valence-electron chi connectivity index (χ0n) is 16.6. The van der Waals surface area contributed by atoms with Crippen LogP contribution in [0.2, 0.25) is 0 Å². The predicted molar refractivity (Wildman–Crippen MR) is 112 cm³/mol. The SMILES string of the molecule is O=C(CCCn1nnc2cc(S(=O)(=O)N3CCCCC3)ccc21)Nc1ccncc1. The summed E-state index contributed by atoms with van der Waals surface area (Å²) in [6, 6.07) is 8.40. The molecule has 1 aliphatic heterocycles. The van der Waals surface area contributed by atoms with Gasteiger partial charge >= 0.3 is 0 Å². The fraction of sp³-hybridized carbons (Fsp3) is 0.400. The van der Waals surface area contributed by atoms with Crippen LogP contribution in [0.15, 0.2) is 47.6 Å². The number of nitrogens with one attached hydrogen (secondary N) is 1. The number of anilines is 1. The van der Waals surface area contributed by atoms with E-state index in [0.717, 1.165) is 24.8 Å². The van der Waals surface area contributed by atoms with Crippen molar-refractivity contribution in [2.45, 2.75) is 43.5 Å². The second-order valence-corrected chi connectivity index (χ2v) is 9.25. The first kappa shape index (κ1) is 20.4. The summed E-state index contributed by atoms with van der Waals surface area (Å²) in [4.78, 5) is 16.2. The van der Waals surface area contributed by atoms with Crippen molar-refractivity contribution in [3.63, 3.8) is 0 Å². The molecule has 1 aromatic carbocycles. The van der Waals surface area contributed by atoms with Crippen LogP contribution in [0, 0.1) is 0 Å². The van der Waals surface area contributed by atoms with Crippen LogP contribution < -0.4 is 5.32 Å². The molecule has 3 aromatic rings. The lowest BCUT2D eigenvalue weighted by molar-refractivity contribution is -0.116. The van der Waals surface area contributed by atoms with Gasteiger partial charge in [0.05, 0.1) is 10.4 Å². The van der Waals surface area contributed by atoms with Crippen LogP contribution in [-0.2, 0) is 21.4 Å². The molecule has 1 aliphatic rings. The molecular weight excluding hydrogens is 404 g/mol. The van der Waals surface area contributed by atoms with Gasteiger partial charge in [-0.25, -0.2) is 13.1 Å². The second-order valence-electron chi connectivity index (χ2n) is 7.32. The first-order valence-corrected chi connectivity index (χ1v) is 11.5. The van der Waals surface area contributed by atoms with Crippen LogP contribution in [0.1, 0.15) is 32.1 Å². The Bertz CT molecular complexity index is 1120. The van der Waals surface area contributed by atoms with Crippen LogP contribution in [0.5, 0.6) is 0 Å². The van der Waals surface area contributed by atoms with E-state index < -0.39 is 10.0 Å². The zero-order chi connectivity index (χ0) is 21.0. The van der Waals surface area contributed by atoms with Crippen LogP contribution in [0.25, 0.3) is 11.0 Å². The lowest BCUT2D eigenvalue weighted by Gasteiger charge is -2.25. The minimum atomic E-state index is -3.50. The summed E-state index contributed by atoms with van der Waals surface area (Å²) < 4.78 is 29.0. The first-order valence-electron chi connectivity index (χ1n) is 10.1. The van der Waals surface area contributed by atoms with Crippen molar-refractivity contribution in [2.24, 2.45) is 0 Å².